The topological polar surface area (TPSA) is 26.3 Å². The summed E-state index contributed by atoms with van der Waals surface area (Å²) in [5.74, 6) is 0.241. The van der Waals surface area contributed by atoms with Crippen LogP contribution in [0.25, 0.3) is 0 Å². The predicted molar refractivity (Wildman–Crippen MR) is 66.3 cm³/mol. The van der Waals surface area contributed by atoms with Crippen LogP contribution in [0.3, 0.4) is 0 Å². The van der Waals surface area contributed by atoms with Crippen molar-refractivity contribution in [3.8, 4) is 0 Å². The second-order valence-corrected chi connectivity index (χ2v) is 3.87. The van der Waals surface area contributed by atoms with E-state index in [1.165, 1.54) is 0 Å². The van der Waals surface area contributed by atoms with Gasteiger partial charge in [-0.15, -0.1) is 0 Å². The monoisotopic (exact) mass is 220 g/mol. The number of allylic oxidation sites excluding steroid dienone is 4. The predicted octanol–water partition coefficient (Wildman–Crippen LogP) is 3.20. The van der Waals surface area contributed by atoms with Crippen LogP contribution >= 0.6 is 0 Å². The van der Waals surface area contributed by atoms with Crippen molar-refractivity contribution in [1.29, 1.82) is 0 Å². The van der Waals surface area contributed by atoms with Gasteiger partial charge >= 0.3 is 0 Å². The lowest BCUT2D eigenvalue weighted by molar-refractivity contribution is -0.115. The number of hydrogen-bond donors (Lipinski definition) is 0. The molecular weight excluding hydrogens is 200 g/mol. The molecule has 0 aromatic heterocycles. The summed E-state index contributed by atoms with van der Waals surface area (Å²) in [6, 6.07) is 0. The Morgan fingerprint density at radius 1 is 1.50 bits per heavy atom. The smallest absolute Gasteiger partial charge is 0.158 e. The van der Waals surface area contributed by atoms with Gasteiger partial charge in [0.1, 0.15) is 0 Å². The molecule has 0 aliphatic heterocycles. The lowest BCUT2D eigenvalue weighted by atomic mass is 9.99. The molecule has 0 aromatic carbocycles. The first-order valence-corrected chi connectivity index (χ1v) is 5.86. The highest BCUT2D eigenvalue weighted by molar-refractivity contribution is 5.95. The normalized spacial score (nSPS) is 20.8. The first kappa shape index (κ1) is 12.9. The summed E-state index contributed by atoms with van der Waals surface area (Å²) in [4.78, 5) is 11.6. The van der Waals surface area contributed by atoms with E-state index in [9.17, 15) is 4.79 Å². The number of hydrogen-bond acceptors (Lipinski definition) is 2. The first-order chi connectivity index (χ1) is 7.71. The van der Waals surface area contributed by atoms with Gasteiger partial charge in [-0.3, -0.25) is 4.79 Å². The quantitative estimate of drug-likeness (QED) is 0.665. The molecule has 16 heavy (non-hydrogen) atoms. The van der Waals surface area contributed by atoms with Crippen molar-refractivity contribution in [1.82, 2.24) is 0 Å². The first-order valence-electron chi connectivity index (χ1n) is 5.86. The standard InChI is InChI=1S/C14H20O2/c1-4-12(14(15)5-2)10-11-6-8-13(16-3)9-7-11/h6-8,10,13H,4-5,9H2,1-3H3/b12-10+. The maximum absolute atomic E-state index is 11.6. The number of Topliss-reactive ketones (excluding diaryl/α,β-unsaturated/α-hetero) is 1. The zero-order valence-electron chi connectivity index (χ0n) is 10.3. The Morgan fingerprint density at radius 3 is 2.69 bits per heavy atom. The highest BCUT2D eigenvalue weighted by Gasteiger charge is 2.08. The summed E-state index contributed by atoms with van der Waals surface area (Å²) in [6.45, 7) is 3.92. The van der Waals surface area contributed by atoms with Crippen molar-refractivity contribution >= 4 is 5.78 Å². The molecule has 2 nitrogen and oxygen atoms in total. The van der Waals surface area contributed by atoms with Gasteiger partial charge in [-0.1, -0.05) is 32.1 Å². The van der Waals surface area contributed by atoms with Crippen LogP contribution in [0.5, 0.6) is 0 Å². The van der Waals surface area contributed by atoms with Crippen molar-refractivity contribution in [3.63, 3.8) is 0 Å². The van der Waals surface area contributed by atoms with Gasteiger partial charge in [0.15, 0.2) is 5.78 Å². The molecule has 2 heteroatoms. The average Bonchev–Trinajstić information content (AvgIpc) is 2.35. The third kappa shape index (κ3) is 3.46. The van der Waals surface area contributed by atoms with Crippen molar-refractivity contribution in [2.24, 2.45) is 0 Å². The Balaban J connectivity index is 2.73. The van der Waals surface area contributed by atoms with Gasteiger partial charge in [0.25, 0.3) is 0 Å². The van der Waals surface area contributed by atoms with Crippen molar-refractivity contribution in [2.75, 3.05) is 7.11 Å². The van der Waals surface area contributed by atoms with Crippen LogP contribution < -0.4 is 0 Å². The summed E-state index contributed by atoms with van der Waals surface area (Å²) in [5.41, 5.74) is 2.03. The van der Waals surface area contributed by atoms with Gasteiger partial charge in [-0.2, -0.15) is 0 Å². The summed E-state index contributed by atoms with van der Waals surface area (Å²) in [7, 11) is 1.71. The summed E-state index contributed by atoms with van der Waals surface area (Å²) in [5, 5.41) is 0. The molecule has 0 bridgehead atoms. The van der Waals surface area contributed by atoms with E-state index in [4.69, 9.17) is 4.74 Å². The van der Waals surface area contributed by atoms with Crippen LogP contribution in [0.1, 0.15) is 33.1 Å². The van der Waals surface area contributed by atoms with Crippen molar-refractivity contribution in [2.45, 2.75) is 39.2 Å². The molecule has 1 rings (SSSR count). The molecular formula is C14H20O2. The van der Waals surface area contributed by atoms with Gasteiger partial charge in [0, 0.05) is 13.5 Å². The van der Waals surface area contributed by atoms with E-state index in [1.54, 1.807) is 7.11 Å². The fourth-order valence-electron chi connectivity index (χ4n) is 1.71. The number of carbonyl (C=O) groups excluding carboxylic acids is 1. The molecule has 1 unspecified atom stereocenters. The number of rotatable bonds is 5. The Hall–Kier alpha value is -1.15. The number of carbonyl (C=O) groups is 1. The van der Waals surface area contributed by atoms with Gasteiger partial charge in [0.2, 0.25) is 0 Å². The zero-order valence-corrected chi connectivity index (χ0v) is 10.3. The Kier molecular flexibility index (Phi) is 5.20. The second kappa shape index (κ2) is 6.44. The molecule has 88 valence electrons. The SMILES string of the molecule is CCC(=O)/C(=C/C1=CCC(OC)C=C1)CC. The van der Waals surface area contributed by atoms with E-state index in [-0.39, 0.29) is 11.9 Å². The lowest BCUT2D eigenvalue weighted by Crippen LogP contribution is -2.08. The Bertz CT molecular complexity index is 335. The van der Waals surface area contributed by atoms with Gasteiger partial charge in [-0.25, -0.2) is 0 Å². The Morgan fingerprint density at radius 2 is 2.25 bits per heavy atom. The third-order valence-electron chi connectivity index (χ3n) is 2.79. The van der Waals surface area contributed by atoms with E-state index in [2.05, 4.69) is 6.08 Å². The molecule has 0 N–H and O–H groups in total. The van der Waals surface area contributed by atoms with E-state index < -0.39 is 0 Å². The number of ketones is 1. The largest absolute Gasteiger partial charge is 0.377 e. The number of ether oxygens (including phenoxy) is 1. The van der Waals surface area contributed by atoms with Crippen LogP contribution in [-0.2, 0) is 9.53 Å². The fraction of sp³-hybridized carbons (Fsp3) is 0.500. The molecule has 0 amide bonds. The summed E-state index contributed by atoms with van der Waals surface area (Å²) in [6.07, 6.45) is 10.6. The maximum atomic E-state index is 11.6. The van der Waals surface area contributed by atoms with Gasteiger partial charge in [-0.05, 0) is 30.1 Å². The zero-order chi connectivity index (χ0) is 12.0. The summed E-state index contributed by atoms with van der Waals surface area (Å²) >= 11 is 0. The minimum absolute atomic E-state index is 0.184. The highest BCUT2D eigenvalue weighted by Crippen LogP contribution is 2.17. The van der Waals surface area contributed by atoms with Crippen LogP contribution in [0.2, 0.25) is 0 Å². The van der Waals surface area contributed by atoms with Crippen LogP contribution in [0, 0.1) is 0 Å². The lowest BCUT2D eigenvalue weighted by Gasteiger charge is -2.13. The van der Waals surface area contributed by atoms with Crippen LogP contribution in [-0.4, -0.2) is 19.0 Å². The highest BCUT2D eigenvalue weighted by atomic mass is 16.5. The molecule has 0 radical (unpaired) electrons. The van der Waals surface area contributed by atoms with Crippen molar-refractivity contribution in [3.05, 3.63) is 35.5 Å². The molecule has 1 aliphatic rings. The molecule has 1 aliphatic carbocycles. The molecule has 0 aromatic rings. The molecule has 0 saturated carbocycles. The minimum atomic E-state index is 0.184. The van der Waals surface area contributed by atoms with Crippen LogP contribution in [0.15, 0.2) is 35.5 Å². The van der Waals surface area contributed by atoms with Crippen molar-refractivity contribution < 1.29 is 9.53 Å². The molecule has 0 spiro atoms. The van der Waals surface area contributed by atoms with E-state index >= 15 is 0 Å². The van der Waals surface area contributed by atoms with E-state index in [0.29, 0.717) is 6.42 Å². The average molecular weight is 220 g/mol. The second-order valence-electron chi connectivity index (χ2n) is 3.87. The molecule has 0 fully saturated rings. The minimum Gasteiger partial charge on any atom is -0.377 e. The van der Waals surface area contributed by atoms with Gasteiger partial charge < -0.3 is 4.74 Å². The Labute approximate surface area is 97.7 Å². The summed E-state index contributed by atoms with van der Waals surface area (Å²) < 4.78 is 5.22. The molecule has 1 atom stereocenters. The van der Waals surface area contributed by atoms with Gasteiger partial charge in [0.05, 0.1) is 6.10 Å². The van der Waals surface area contributed by atoms with Crippen LogP contribution in [0.4, 0.5) is 0 Å². The maximum Gasteiger partial charge on any atom is 0.158 e. The van der Waals surface area contributed by atoms with E-state index in [1.807, 2.05) is 32.1 Å². The molecule has 0 saturated heterocycles. The van der Waals surface area contributed by atoms with E-state index in [0.717, 1.165) is 24.0 Å². The fourth-order valence-corrected chi connectivity index (χ4v) is 1.71. The third-order valence-corrected chi connectivity index (χ3v) is 2.79. The number of methoxy groups -OCH3 is 1. The molecule has 0 heterocycles.